The predicted octanol–water partition coefficient (Wildman–Crippen LogP) is 0.545. The van der Waals surface area contributed by atoms with Gasteiger partial charge in [-0.25, -0.2) is 9.80 Å². The second-order valence-corrected chi connectivity index (χ2v) is 4.41. The highest BCUT2D eigenvalue weighted by Crippen LogP contribution is 2.14. The van der Waals surface area contributed by atoms with E-state index in [1.165, 1.54) is 5.01 Å². The monoisotopic (exact) mass is 264 g/mol. The largest absolute Gasteiger partial charge is 0.477 e. The Kier molecular flexibility index (Phi) is 3.64. The van der Waals surface area contributed by atoms with E-state index < -0.39 is 5.97 Å². The first-order chi connectivity index (χ1) is 9.01. The third-order valence-corrected chi connectivity index (χ3v) is 3.05. The molecule has 0 spiro atoms. The minimum absolute atomic E-state index is 0.0254. The summed E-state index contributed by atoms with van der Waals surface area (Å²) in [5, 5.41) is 18.3. The number of aromatic nitrogens is 2. The van der Waals surface area contributed by atoms with Crippen LogP contribution >= 0.6 is 0 Å². The quantitative estimate of drug-likeness (QED) is 0.860. The molecule has 1 N–H and O–H groups in total. The van der Waals surface area contributed by atoms with E-state index in [0.717, 1.165) is 17.8 Å². The number of aryl methyl sites for hydroxylation is 2. The summed E-state index contributed by atoms with van der Waals surface area (Å²) in [5.74, 6) is -1.24. The van der Waals surface area contributed by atoms with Crippen molar-refractivity contribution in [2.45, 2.75) is 32.7 Å². The highest BCUT2D eigenvalue weighted by Gasteiger charge is 2.24. The molecule has 1 aromatic heterocycles. The fraction of sp³-hybridized carbons (Fsp3) is 0.500. The van der Waals surface area contributed by atoms with Crippen LogP contribution in [-0.4, -0.2) is 37.5 Å². The molecule has 0 atom stereocenters. The Balaban J connectivity index is 2.20. The molecule has 1 aliphatic rings. The lowest BCUT2D eigenvalue weighted by Gasteiger charge is -2.21. The maximum Gasteiger partial charge on any atom is 0.352 e. The normalized spacial score (nSPS) is 15.6. The van der Waals surface area contributed by atoms with Crippen molar-refractivity contribution in [1.82, 2.24) is 14.8 Å². The summed E-state index contributed by atoms with van der Waals surface area (Å²) >= 11 is 0. The fourth-order valence-corrected chi connectivity index (χ4v) is 1.92. The maximum atomic E-state index is 11.8. The van der Waals surface area contributed by atoms with Gasteiger partial charge in [0.05, 0.1) is 17.9 Å². The van der Waals surface area contributed by atoms with Gasteiger partial charge in [-0.15, -0.1) is 0 Å². The average molecular weight is 264 g/mol. The molecule has 19 heavy (non-hydrogen) atoms. The molecule has 2 rings (SSSR count). The number of amides is 1. The SMILES string of the molecule is CCc1cc(CN2N=C(C(=O)O)CCC2=O)n(C)n1. The maximum absolute atomic E-state index is 11.8. The average Bonchev–Trinajstić information content (AvgIpc) is 2.72. The Hall–Kier alpha value is -2.18. The molecular weight excluding hydrogens is 248 g/mol. The van der Waals surface area contributed by atoms with Crippen LogP contribution in [0.5, 0.6) is 0 Å². The predicted molar refractivity (Wildman–Crippen MR) is 67.4 cm³/mol. The molecule has 0 radical (unpaired) electrons. The molecule has 1 amide bonds. The summed E-state index contributed by atoms with van der Waals surface area (Å²) in [4.78, 5) is 22.6. The third-order valence-electron chi connectivity index (χ3n) is 3.05. The molecule has 102 valence electrons. The van der Waals surface area contributed by atoms with Crippen LogP contribution in [0.1, 0.15) is 31.2 Å². The van der Waals surface area contributed by atoms with Crippen LogP contribution in [0.25, 0.3) is 0 Å². The number of hydrogen-bond acceptors (Lipinski definition) is 4. The molecule has 0 aliphatic carbocycles. The minimum Gasteiger partial charge on any atom is -0.477 e. The first-order valence-corrected chi connectivity index (χ1v) is 6.14. The van der Waals surface area contributed by atoms with Crippen molar-refractivity contribution in [1.29, 1.82) is 0 Å². The molecule has 0 saturated carbocycles. The van der Waals surface area contributed by atoms with E-state index in [-0.39, 0.29) is 31.0 Å². The van der Waals surface area contributed by atoms with Gasteiger partial charge in [-0.05, 0) is 12.5 Å². The smallest absolute Gasteiger partial charge is 0.352 e. The van der Waals surface area contributed by atoms with Crippen molar-refractivity contribution >= 4 is 17.6 Å². The zero-order valence-corrected chi connectivity index (χ0v) is 11.0. The van der Waals surface area contributed by atoms with Crippen molar-refractivity contribution in [2.75, 3.05) is 0 Å². The minimum atomic E-state index is -1.07. The van der Waals surface area contributed by atoms with E-state index in [0.29, 0.717) is 0 Å². The van der Waals surface area contributed by atoms with Crippen molar-refractivity contribution in [3.05, 3.63) is 17.5 Å². The number of aliphatic carboxylic acids is 1. The first-order valence-electron chi connectivity index (χ1n) is 6.14. The molecule has 0 aromatic carbocycles. The molecule has 7 heteroatoms. The fourth-order valence-electron chi connectivity index (χ4n) is 1.92. The summed E-state index contributed by atoms with van der Waals surface area (Å²) in [6.45, 7) is 2.25. The second kappa shape index (κ2) is 5.21. The van der Waals surface area contributed by atoms with Gasteiger partial charge in [0.1, 0.15) is 5.71 Å². The van der Waals surface area contributed by atoms with Gasteiger partial charge < -0.3 is 5.11 Å². The first kappa shape index (κ1) is 13.3. The topological polar surface area (TPSA) is 87.8 Å². The van der Waals surface area contributed by atoms with Crippen LogP contribution in [0, 0.1) is 0 Å². The molecule has 2 heterocycles. The van der Waals surface area contributed by atoms with Crippen molar-refractivity contribution in [2.24, 2.45) is 12.1 Å². The standard InChI is InChI=1S/C12H16N4O3/c1-3-8-6-9(15(2)13-8)7-16-11(17)5-4-10(14-16)12(18)19/h6H,3-5,7H2,1-2H3,(H,18,19). The van der Waals surface area contributed by atoms with E-state index >= 15 is 0 Å². The molecule has 1 aromatic rings. The van der Waals surface area contributed by atoms with Gasteiger partial charge >= 0.3 is 5.97 Å². The lowest BCUT2D eigenvalue weighted by molar-refractivity contribution is -0.133. The Bertz CT molecular complexity index is 547. The lowest BCUT2D eigenvalue weighted by Crippen LogP contribution is -2.34. The molecular formula is C12H16N4O3. The van der Waals surface area contributed by atoms with Crippen LogP contribution in [0.4, 0.5) is 0 Å². The van der Waals surface area contributed by atoms with Crippen molar-refractivity contribution in [3.8, 4) is 0 Å². The Morgan fingerprint density at radius 3 is 2.79 bits per heavy atom. The zero-order valence-electron chi connectivity index (χ0n) is 11.0. The molecule has 0 unspecified atom stereocenters. The molecule has 0 saturated heterocycles. The Morgan fingerprint density at radius 1 is 1.47 bits per heavy atom. The van der Waals surface area contributed by atoms with Crippen molar-refractivity contribution in [3.63, 3.8) is 0 Å². The molecule has 7 nitrogen and oxygen atoms in total. The number of carbonyl (C=O) groups excluding carboxylic acids is 1. The van der Waals surface area contributed by atoms with Crippen LogP contribution in [-0.2, 0) is 29.6 Å². The summed E-state index contributed by atoms with van der Waals surface area (Å²) in [6, 6.07) is 1.90. The Labute approximate surface area is 110 Å². The van der Waals surface area contributed by atoms with Gasteiger partial charge in [0, 0.05) is 19.9 Å². The van der Waals surface area contributed by atoms with Gasteiger partial charge in [-0.3, -0.25) is 9.48 Å². The van der Waals surface area contributed by atoms with Gasteiger partial charge in [0.2, 0.25) is 5.91 Å². The third kappa shape index (κ3) is 2.81. The highest BCUT2D eigenvalue weighted by molar-refractivity contribution is 6.36. The van der Waals surface area contributed by atoms with Gasteiger partial charge in [0.15, 0.2) is 0 Å². The highest BCUT2D eigenvalue weighted by atomic mass is 16.4. The summed E-state index contributed by atoms with van der Waals surface area (Å²) in [5.41, 5.74) is 1.79. The number of rotatable bonds is 4. The number of carboxylic acid groups (broad SMARTS) is 1. The van der Waals surface area contributed by atoms with E-state index in [1.54, 1.807) is 11.7 Å². The number of carboxylic acids is 1. The summed E-state index contributed by atoms with van der Waals surface area (Å²) < 4.78 is 1.69. The van der Waals surface area contributed by atoms with E-state index in [9.17, 15) is 9.59 Å². The molecule has 1 aliphatic heterocycles. The number of hydrazone groups is 1. The number of nitrogens with zero attached hydrogens (tertiary/aromatic N) is 4. The molecule has 0 fully saturated rings. The van der Waals surface area contributed by atoms with E-state index in [4.69, 9.17) is 5.11 Å². The van der Waals surface area contributed by atoms with Crippen molar-refractivity contribution < 1.29 is 14.7 Å². The number of hydrogen-bond donors (Lipinski definition) is 1. The Morgan fingerprint density at radius 2 is 2.21 bits per heavy atom. The second-order valence-electron chi connectivity index (χ2n) is 4.41. The van der Waals surface area contributed by atoms with E-state index in [2.05, 4.69) is 10.2 Å². The van der Waals surface area contributed by atoms with Crippen LogP contribution < -0.4 is 0 Å². The van der Waals surface area contributed by atoms with Gasteiger partial charge in [-0.1, -0.05) is 6.92 Å². The van der Waals surface area contributed by atoms with E-state index in [1.807, 2.05) is 13.0 Å². The molecule has 0 bridgehead atoms. The van der Waals surface area contributed by atoms with Gasteiger partial charge in [-0.2, -0.15) is 10.2 Å². The van der Waals surface area contributed by atoms with Gasteiger partial charge in [0.25, 0.3) is 0 Å². The van der Waals surface area contributed by atoms with Crippen LogP contribution in [0.15, 0.2) is 11.2 Å². The lowest BCUT2D eigenvalue weighted by atomic mass is 10.1. The zero-order chi connectivity index (χ0) is 14.0. The summed E-state index contributed by atoms with van der Waals surface area (Å²) in [6.07, 6.45) is 1.19. The van der Waals surface area contributed by atoms with Crippen LogP contribution in [0.3, 0.4) is 0 Å². The summed E-state index contributed by atoms with van der Waals surface area (Å²) in [7, 11) is 1.80. The number of carbonyl (C=O) groups is 2. The van der Waals surface area contributed by atoms with Crippen LogP contribution in [0.2, 0.25) is 0 Å².